The summed E-state index contributed by atoms with van der Waals surface area (Å²) in [6.45, 7) is 1.42. The third-order valence-corrected chi connectivity index (χ3v) is 3.44. The number of ether oxygens (including phenoxy) is 1. The van der Waals surface area contributed by atoms with E-state index in [4.69, 9.17) is 22.1 Å². The molecule has 0 saturated carbocycles. The highest BCUT2D eigenvalue weighted by atomic mass is 35.5. The van der Waals surface area contributed by atoms with E-state index in [0.29, 0.717) is 11.6 Å². The number of fused-ring (bicyclic) bond motifs is 1. The van der Waals surface area contributed by atoms with Gasteiger partial charge in [-0.3, -0.25) is 0 Å². The fraction of sp³-hybridized carbons (Fsp3) is 0.429. The molecule has 0 spiro atoms. The van der Waals surface area contributed by atoms with Crippen LogP contribution in [0.5, 0.6) is 0 Å². The third kappa shape index (κ3) is 1.13. The topological polar surface area (TPSA) is 35.2 Å². The van der Waals surface area contributed by atoms with Gasteiger partial charge in [0, 0.05) is 16.9 Å². The number of thiophene rings is 1. The van der Waals surface area contributed by atoms with Crippen LogP contribution in [0.1, 0.15) is 10.4 Å². The van der Waals surface area contributed by atoms with Crippen molar-refractivity contribution in [1.29, 1.82) is 0 Å². The predicted octanol–water partition coefficient (Wildman–Crippen LogP) is 2.06. The molecule has 2 heterocycles. The highest BCUT2D eigenvalue weighted by molar-refractivity contribution is 7.16. The number of hydrogen-bond donors (Lipinski definition) is 1. The molecule has 1 aliphatic rings. The summed E-state index contributed by atoms with van der Waals surface area (Å²) in [5.41, 5.74) is 6.75. The minimum atomic E-state index is 0.627. The lowest BCUT2D eigenvalue weighted by Crippen LogP contribution is -2.06. The molecule has 0 saturated heterocycles. The van der Waals surface area contributed by atoms with Gasteiger partial charge in [-0.1, -0.05) is 11.6 Å². The van der Waals surface area contributed by atoms with E-state index < -0.39 is 0 Å². The van der Waals surface area contributed by atoms with E-state index in [0.717, 1.165) is 23.6 Å². The Hall–Kier alpha value is -0.250. The van der Waals surface area contributed by atoms with Crippen LogP contribution in [0.4, 0.5) is 5.00 Å². The molecule has 0 fully saturated rings. The molecular weight excluding hydrogens is 182 g/mol. The number of nitrogen functional groups attached to an aromatic ring is 1. The highest BCUT2D eigenvalue weighted by Gasteiger charge is 2.17. The minimum Gasteiger partial charge on any atom is -0.389 e. The van der Waals surface area contributed by atoms with E-state index >= 15 is 0 Å². The normalized spacial score (nSPS) is 16.5. The van der Waals surface area contributed by atoms with Gasteiger partial charge in [0.15, 0.2) is 0 Å². The van der Waals surface area contributed by atoms with Crippen molar-refractivity contribution < 1.29 is 4.74 Å². The summed E-state index contributed by atoms with van der Waals surface area (Å²) in [4.78, 5) is 1.29. The maximum Gasteiger partial charge on any atom is 0.105 e. The molecule has 1 aromatic rings. The summed E-state index contributed by atoms with van der Waals surface area (Å²) < 4.78 is 5.26. The second-order valence-electron chi connectivity index (χ2n) is 2.48. The van der Waals surface area contributed by atoms with Gasteiger partial charge >= 0.3 is 0 Å². The van der Waals surface area contributed by atoms with E-state index in [1.165, 1.54) is 4.88 Å². The van der Waals surface area contributed by atoms with E-state index in [2.05, 4.69) is 0 Å². The summed E-state index contributed by atoms with van der Waals surface area (Å²) in [5, 5.41) is 1.42. The van der Waals surface area contributed by atoms with Gasteiger partial charge in [0.1, 0.15) is 5.00 Å². The first kappa shape index (κ1) is 7.40. The number of rotatable bonds is 0. The summed E-state index contributed by atoms with van der Waals surface area (Å²) in [6, 6.07) is 0. The van der Waals surface area contributed by atoms with E-state index in [1.54, 1.807) is 11.3 Å². The molecule has 0 bridgehead atoms. The van der Waals surface area contributed by atoms with Crippen LogP contribution in [0.2, 0.25) is 5.02 Å². The maximum atomic E-state index is 5.93. The number of nitrogens with two attached hydrogens (primary N) is 1. The first-order valence-corrected chi connectivity index (χ1v) is 4.61. The first-order chi connectivity index (χ1) is 5.29. The Balaban J connectivity index is 2.50. The van der Waals surface area contributed by atoms with Crippen molar-refractivity contribution >= 4 is 27.9 Å². The van der Waals surface area contributed by atoms with Crippen LogP contribution in [0.25, 0.3) is 0 Å². The van der Waals surface area contributed by atoms with Gasteiger partial charge in [-0.25, -0.2) is 0 Å². The lowest BCUT2D eigenvalue weighted by Gasteiger charge is -2.11. The summed E-state index contributed by atoms with van der Waals surface area (Å²) >= 11 is 7.51. The van der Waals surface area contributed by atoms with Gasteiger partial charge in [0.25, 0.3) is 0 Å². The molecule has 0 aromatic carbocycles. The lowest BCUT2D eigenvalue weighted by molar-refractivity contribution is 0.112. The molecule has 2 N–H and O–H groups in total. The van der Waals surface area contributed by atoms with Crippen molar-refractivity contribution in [2.75, 3.05) is 12.3 Å². The molecule has 0 amide bonds. The third-order valence-electron chi connectivity index (χ3n) is 1.77. The molecule has 2 rings (SSSR count). The van der Waals surface area contributed by atoms with Crippen molar-refractivity contribution in [3.05, 3.63) is 15.5 Å². The van der Waals surface area contributed by atoms with Gasteiger partial charge in [0.05, 0.1) is 18.2 Å². The van der Waals surface area contributed by atoms with Crippen molar-refractivity contribution in [3.63, 3.8) is 0 Å². The molecule has 0 unspecified atom stereocenters. The second kappa shape index (κ2) is 2.66. The van der Waals surface area contributed by atoms with E-state index in [-0.39, 0.29) is 0 Å². The van der Waals surface area contributed by atoms with Crippen molar-refractivity contribution in [1.82, 2.24) is 0 Å². The predicted molar refractivity (Wildman–Crippen MR) is 47.1 cm³/mol. The Morgan fingerprint density at radius 1 is 1.55 bits per heavy atom. The molecule has 1 aromatic heterocycles. The van der Waals surface area contributed by atoms with Gasteiger partial charge in [-0.15, -0.1) is 11.3 Å². The Morgan fingerprint density at radius 2 is 2.36 bits per heavy atom. The number of halogens is 1. The van der Waals surface area contributed by atoms with Crippen LogP contribution in [0.15, 0.2) is 0 Å². The van der Waals surface area contributed by atoms with Gasteiger partial charge in [0.2, 0.25) is 0 Å². The van der Waals surface area contributed by atoms with Crippen LogP contribution in [0.3, 0.4) is 0 Å². The van der Waals surface area contributed by atoms with Crippen molar-refractivity contribution in [2.24, 2.45) is 0 Å². The quantitative estimate of drug-likeness (QED) is 0.678. The number of hydrogen-bond acceptors (Lipinski definition) is 3. The van der Waals surface area contributed by atoms with Crippen LogP contribution in [0, 0.1) is 0 Å². The molecule has 2 nitrogen and oxygen atoms in total. The Labute approximate surface area is 73.9 Å². The summed E-state index contributed by atoms with van der Waals surface area (Å²) in [5.74, 6) is 0. The average molecular weight is 190 g/mol. The Morgan fingerprint density at radius 3 is 3.09 bits per heavy atom. The zero-order valence-electron chi connectivity index (χ0n) is 5.89. The van der Waals surface area contributed by atoms with E-state index in [1.807, 2.05) is 0 Å². The van der Waals surface area contributed by atoms with Crippen LogP contribution in [-0.2, 0) is 17.8 Å². The second-order valence-corrected chi connectivity index (χ2v) is 4.00. The fourth-order valence-corrected chi connectivity index (χ4v) is 2.48. The van der Waals surface area contributed by atoms with Crippen LogP contribution < -0.4 is 5.73 Å². The maximum absolute atomic E-state index is 5.93. The minimum absolute atomic E-state index is 0.627. The van der Waals surface area contributed by atoms with Gasteiger partial charge in [-0.05, 0) is 0 Å². The van der Waals surface area contributed by atoms with Gasteiger partial charge in [-0.2, -0.15) is 0 Å². The standard InChI is InChI=1S/C7H8ClNOS/c8-6-4-3-10-2-1-5(4)11-7(6)9/h1-3,9H2. The number of anilines is 1. The Bertz CT molecular complexity index is 284. The molecular formula is C7H8ClNOS. The monoisotopic (exact) mass is 189 g/mol. The van der Waals surface area contributed by atoms with Crippen molar-refractivity contribution in [3.8, 4) is 0 Å². The van der Waals surface area contributed by atoms with Crippen LogP contribution >= 0.6 is 22.9 Å². The molecule has 0 radical (unpaired) electrons. The summed E-state index contributed by atoms with van der Waals surface area (Å²) in [6.07, 6.45) is 0.955. The molecule has 0 aliphatic carbocycles. The molecule has 4 heteroatoms. The zero-order valence-corrected chi connectivity index (χ0v) is 7.47. The lowest BCUT2D eigenvalue weighted by atomic mass is 10.2. The largest absolute Gasteiger partial charge is 0.389 e. The molecule has 1 aliphatic heterocycles. The smallest absolute Gasteiger partial charge is 0.105 e. The zero-order chi connectivity index (χ0) is 7.84. The SMILES string of the molecule is Nc1sc2c(c1Cl)COCC2. The Kier molecular flexibility index (Phi) is 1.79. The highest BCUT2D eigenvalue weighted by Crippen LogP contribution is 2.37. The molecule has 0 atom stereocenters. The molecule has 60 valence electrons. The van der Waals surface area contributed by atoms with Crippen molar-refractivity contribution in [2.45, 2.75) is 13.0 Å². The van der Waals surface area contributed by atoms with Gasteiger partial charge < -0.3 is 10.5 Å². The molecule has 11 heavy (non-hydrogen) atoms. The average Bonchev–Trinajstić information content (AvgIpc) is 2.30. The van der Waals surface area contributed by atoms with Crippen LogP contribution in [-0.4, -0.2) is 6.61 Å². The van der Waals surface area contributed by atoms with E-state index in [9.17, 15) is 0 Å². The fourth-order valence-electron chi connectivity index (χ4n) is 1.20. The first-order valence-electron chi connectivity index (χ1n) is 3.42. The summed E-state index contributed by atoms with van der Waals surface area (Å²) in [7, 11) is 0.